The minimum absolute atomic E-state index is 0.513. The van der Waals surface area contributed by atoms with Gasteiger partial charge in [-0.25, -0.2) is 0 Å². The maximum absolute atomic E-state index is 8.58. The second-order valence-corrected chi connectivity index (χ2v) is 4.01. The molecule has 0 saturated carbocycles. The molecule has 0 heterocycles. The Balaban J connectivity index is 2.16. The molecule has 0 unspecified atom stereocenters. The van der Waals surface area contributed by atoms with Gasteiger partial charge in [-0.2, -0.15) is 5.26 Å². The average molecular weight is 197 g/mol. The smallest absolute Gasteiger partial charge is 0.0669 e. The van der Waals surface area contributed by atoms with Crippen LogP contribution in [0.15, 0.2) is 30.3 Å². The Morgan fingerprint density at radius 1 is 1.13 bits per heavy atom. The molecule has 0 atom stereocenters. The van der Waals surface area contributed by atoms with E-state index in [0.717, 1.165) is 5.56 Å². The fraction of sp³-hybridized carbons (Fsp3) is 0.357. The number of hydrogen-bond donors (Lipinski definition) is 0. The minimum atomic E-state index is 0.513. The molecule has 0 aromatic heterocycles. The summed E-state index contributed by atoms with van der Waals surface area (Å²) < 4.78 is 0. The number of allylic oxidation sites excluding steroid dienone is 2. The lowest BCUT2D eigenvalue weighted by Crippen LogP contribution is -1.92. The van der Waals surface area contributed by atoms with Gasteiger partial charge in [-0.05, 0) is 42.4 Å². The fourth-order valence-corrected chi connectivity index (χ4v) is 2.03. The van der Waals surface area contributed by atoms with Gasteiger partial charge >= 0.3 is 0 Å². The van der Waals surface area contributed by atoms with Crippen molar-refractivity contribution in [1.82, 2.24) is 0 Å². The summed E-state index contributed by atoms with van der Waals surface area (Å²) in [6.07, 6.45) is 7.93. The second kappa shape index (κ2) is 4.79. The zero-order valence-corrected chi connectivity index (χ0v) is 8.87. The monoisotopic (exact) mass is 197 g/mol. The first kappa shape index (κ1) is 9.98. The molecular formula is C14H15N. The molecule has 1 nitrogen and oxygen atoms in total. The van der Waals surface area contributed by atoms with E-state index in [4.69, 9.17) is 5.26 Å². The van der Waals surface area contributed by atoms with E-state index in [1.54, 1.807) is 0 Å². The van der Waals surface area contributed by atoms with Crippen LogP contribution < -0.4 is 0 Å². The van der Waals surface area contributed by atoms with Crippen LogP contribution in [0.2, 0.25) is 0 Å². The fourth-order valence-electron chi connectivity index (χ4n) is 2.03. The van der Waals surface area contributed by atoms with Gasteiger partial charge in [0, 0.05) is 0 Å². The van der Waals surface area contributed by atoms with Gasteiger partial charge in [0.25, 0.3) is 0 Å². The first-order valence-corrected chi connectivity index (χ1v) is 5.55. The van der Waals surface area contributed by atoms with E-state index in [0.29, 0.717) is 6.42 Å². The Kier molecular flexibility index (Phi) is 3.19. The van der Waals surface area contributed by atoms with E-state index < -0.39 is 0 Å². The van der Waals surface area contributed by atoms with Gasteiger partial charge in [-0.15, -0.1) is 0 Å². The molecule has 0 aliphatic heterocycles. The largest absolute Gasteiger partial charge is 0.198 e. The molecule has 15 heavy (non-hydrogen) atoms. The molecule has 1 aliphatic rings. The van der Waals surface area contributed by atoms with E-state index >= 15 is 0 Å². The van der Waals surface area contributed by atoms with E-state index in [-0.39, 0.29) is 0 Å². The lowest BCUT2D eigenvalue weighted by molar-refractivity contribution is 0.742. The highest BCUT2D eigenvalue weighted by molar-refractivity contribution is 5.66. The number of hydrogen-bond acceptors (Lipinski definition) is 1. The molecule has 0 N–H and O–H groups in total. The van der Waals surface area contributed by atoms with Crippen LogP contribution in [0, 0.1) is 11.3 Å². The first-order valence-electron chi connectivity index (χ1n) is 5.55. The van der Waals surface area contributed by atoms with Crippen LogP contribution in [0.4, 0.5) is 0 Å². The zero-order chi connectivity index (χ0) is 10.5. The third kappa shape index (κ3) is 2.47. The number of benzene rings is 1. The highest BCUT2D eigenvalue weighted by atomic mass is 14.2. The quantitative estimate of drug-likeness (QED) is 0.709. The lowest BCUT2D eigenvalue weighted by atomic mass is 9.93. The summed E-state index contributed by atoms with van der Waals surface area (Å²) in [4.78, 5) is 0. The Bertz CT molecular complexity index is 392. The van der Waals surface area contributed by atoms with Crippen LogP contribution in [-0.2, 0) is 6.42 Å². The highest BCUT2D eigenvalue weighted by Crippen LogP contribution is 2.26. The molecule has 1 heteroatoms. The summed E-state index contributed by atoms with van der Waals surface area (Å²) in [5, 5.41) is 8.58. The standard InChI is InChI=1S/C14H15N/c15-11-10-12-6-8-14(9-7-12)13-4-2-1-3-5-13/h4,6-9H,1-3,5,10H2. The van der Waals surface area contributed by atoms with E-state index in [1.807, 2.05) is 0 Å². The Morgan fingerprint density at radius 2 is 1.93 bits per heavy atom. The molecule has 0 radical (unpaired) electrons. The van der Waals surface area contributed by atoms with Crippen LogP contribution in [0.5, 0.6) is 0 Å². The third-order valence-electron chi connectivity index (χ3n) is 2.90. The predicted octanol–water partition coefficient (Wildman–Crippen LogP) is 3.71. The molecule has 0 spiro atoms. The van der Waals surface area contributed by atoms with E-state index in [1.165, 1.54) is 36.8 Å². The highest BCUT2D eigenvalue weighted by Gasteiger charge is 2.05. The van der Waals surface area contributed by atoms with Crippen LogP contribution in [0.25, 0.3) is 5.57 Å². The summed E-state index contributed by atoms with van der Waals surface area (Å²) in [5.41, 5.74) is 3.92. The molecule has 0 bridgehead atoms. The molecule has 1 aliphatic carbocycles. The van der Waals surface area contributed by atoms with Crippen molar-refractivity contribution in [2.24, 2.45) is 0 Å². The normalized spacial score (nSPS) is 15.5. The van der Waals surface area contributed by atoms with Crippen molar-refractivity contribution in [1.29, 1.82) is 5.26 Å². The molecular weight excluding hydrogens is 182 g/mol. The van der Waals surface area contributed by atoms with Crippen molar-refractivity contribution in [3.8, 4) is 6.07 Å². The van der Waals surface area contributed by atoms with Crippen molar-refractivity contribution in [2.75, 3.05) is 0 Å². The number of rotatable bonds is 2. The van der Waals surface area contributed by atoms with Crippen LogP contribution >= 0.6 is 0 Å². The Labute approximate surface area is 91.0 Å². The average Bonchev–Trinajstić information content (AvgIpc) is 2.32. The molecule has 1 aromatic rings. The SMILES string of the molecule is N#CCc1ccc(C2=CCCCC2)cc1. The maximum Gasteiger partial charge on any atom is 0.0669 e. The number of nitriles is 1. The predicted molar refractivity (Wildman–Crippen MR) is 62.2 cm³/mol. The molecule has 1 aromatic carbocycles. The van der Waals surface area contributed by atoms with Crippen molar-refractivity contribution >= 4 is 5.57 Å². The summed E-state index contributed by atoms with van der Waals surface area (Å²) in [6.45, 7) is 0. The number of nitrogens with zero attached hydrogens (tertiary/aromatic N) is 1. The summed E-state index contributed by atoms with van der Waals surface area (Å²) >= 11 is 0. The van der Waals surface area contributed by atoms with E-state index in [9.17, 15) is 0 Å². The zero-order valence-electron chi connectivity index (χ0n) is 8.87. The van der Waals surface area contributed by atoms with E-state index in [2.05, 4.69) is 36.4 Å². The van der Waals surface area contributed by atoms with Gasteiger partial charge in [0.15, 0.2) is 0 Å². The molecule has 76 valence electrons. The molecule has 2 rings (SSSR count). The molecule has 0 fully saturated rings. The molecule has 0 amide bonds. The van der Waals surface area contributed by atoms with Crippen LogP contribution in [0.3, 0.4) is 0 Å². The van der Waals surface area contributed by atoms with Crippen molar-refractivity contribution in [2.45, 2.75) is 32.1 Å². The second-order valence-electron chi connectivity index (χ2n) is 4.01. The van der Waals surface area contributed by atoms with Gasteiger partial charge in [0.1, 0.15) is 0 Å². The van der Waals surface area contributed by atoms with Gasteiger partial charge in [-0.3, -0.25) is 0 Å². The first-order chi connectivity index (χ1) is 7.40. The van der Waals surface area contributed by atoms with Crippen LogP contribution in [-0.4, -0.2) is 0 Å². The Hall–Kier alpha value is -1.55. The Morgan fingerprint density at radius 3 is 2.53 bits per heavy atom. The maximum atomic E-state index is 8.58. The topological polar surface area (TPSA) is 23.8 Å². The minimum Gasteiger partial charge on any atom is -0.198 e. The van der Waals surface area contributed by atoms with Crippen molar-refractivity contribution in [3.05, 3.63) is 41.5 Å². The summed E-state index contributed by atoms with van der Waals surface area (Å²) in [6, 6.07) is 10.6. The van der Waals surface area contributed by atoms with Gasteiger partial charge < -0.3 is 0 Å². The summed E-state index contributed by atoms with van der Waals surface area (Å²) in [7, 11) is 0. The van der Waals surface area contributed by atoms with Crippen LogP contribution in [0.1, 0.15) is 36.8 Å². The van der Waals surface area contributed by atoms with Gasteiger partial charge in [0.2, 0.25) is 0 Å². The van der Waals surface area contributed by atoms with Crippen molar-refractivity contribution < 1.29 is 0 Å². The van der Waals surface area contributed by atoms with Gasteiger partial charge in [0.05, 0.1) is 12.5 Å². The van der Waals surface area contributed by atoms with Gasteiger partial charge in [-0.1, -0.05) is 30.3 Å². The molecule has 0 saturated heterocycles. The summed E-state index contributed by atoms with van der Waals surface area (Å²) in [5.74, 6) is 0. The van der Waals surface area contributed by atoms with Crippen molar-refractivity contribution in [3.63, 3.8) is 0 Å². The lowest BCUT2D eigenvalue weighted by Gasteiger charge is -2.12. The third-order valence-corrected chi connectivity index (χ3v) is 2.90.